The van der Waals surface area contributed by atoms with E-state index >= 15 is 0 Å². The molecule has 8 heteroatoms. The fraction of sp³-hybridized carbons (Fsp3) is 0.368. The highest BCUT2D eigenvalue weighted by Gasteiger charge is 2.72. The Bertz CT molecular complexity index is 691. The average Bonchev–Trinajstić information content (AvgIpc) is 2.53. The first-order chi connectivity index (χ1) is 12.3. The second-order valence-corrected chi connectivity index (χ2v) is 13.3. The number of alkyl halides is 6. The van der Waals surface area contributed by atoms with Gasteiger partial charge < -0.3 is 0 Å². The van der Waals surface area contributed by atoms with Gasteiger partial charge in [-0.15, -0.1) is 0 Å². The highest BCUT2D eigenvalue weighted by atomic mass is 28.3. The summed E-state index contributed by atoms with van der Waals surface area (Å²) in [5.41, 5.74) is -5.64. The summed E-state index contributed by atoms with van der Waals surface area (Å²) < 4.78 is 84.3. The molecule has 0 aliphatic carbocycles. The molecule has 0 N–H and O–H groups in total. The van der Waals surface area contributed by atoms with E-state index in [0.29, 0.717) is 0 Å². The molecule has 2 aromatic carbocycles. The van der Waals surface area contributed by atoms with Crippen LogP contribution in [0.4, 0.5) is 26.3 Å². The Kier molecular flexibility index (Phi) is 6.01. The largest absolute Gasteiger partial charge is 0.411 e. The van der Waals surface area contributed by atoms with E-state index in [1.807, 2.05) is 26.2 Å². The maximum atomic E-state index is 14.1. The lowest BCUT2D eigenvalue weighted by atomic mass is 9.73. The molecule has 0 saturated heterocycles. The summed E-state index contributed by atoms with van der Waals surface area (Å²) >= 11 is 0. The highest BCUT2D eigenvalue weighted by Crippen LogP contribution is 2.55. The fourth-order valence-corrected chi connectivity index (χ4v) is 5.14. The molecule has 0 atom stereocenters. The smallest absolute Gasteiger partial charge is 0.169 e. The van der Waals surface area contributed by atoms with Crippen molar-refractivity contribution >= 4 is 28.0 Å². The van der Waals surface area contributed by atoms with Crippen molar-refractivity contribution in [1.82, 2.24) is 0 Å². The van der Waals surface area contributed by atoms with Gasteiger partial charge in [0.05, 0.1) is 17.6 Å². The molecule has 0 nitrogen and oxygen atoms in total. The van der Waals surface area contributed by atoms with Crippen LogP contribution in [0, 0.1) is 0 Å². The predicted molar refractivity (Wildman–Crippen MR) is 103 cm³/mol. The molecule has 0 aliphatic heterocycles. The third kappa shape index (κ3) is 3.87. The molecule has 0 fully saturated rings. The van der Waals surface area contributed by atoms with E-state index in [4.69, 9.17) is 0 Å². The second-order valence-electron chi connectivity index (χ2n) is 7.30. The maximum Gasteiger partial charge on any atom is 0.411 e. The van der Waals surface area contributed by atoms with Gasteiger partial charge in [-0.05, 0) is 11.1 Å². The molecule has 27 heavy (non-hydrogen) atoms. The van der Waals surface area contributed by atoms with Gasteiger partial charge in [-0.25, -0.2) is 0 Å². The Labute approximate surface area is 158 Å². The van der Waals surface area contributed by atoms with Gasteiger partial charge in [0.15, 0.2) is 0 Å². The summed E-state index contributed by atoms with van der Waals surface area (Å²) in [4.78, 5) is 0. The van der Waals surface area contributed by atoms with Gasteiger partial charge >= 0.3 is 12.4 Å². The predicted octanol–water partition coefficient (Wildman–Crippen LogP) is 4.48. The lowest BCUT2D eigenvalue weighted by Crippen LogP contribution is -2.55. The zero-order valence-electron chi connectivity index (χ0n) is 15.5. The van der Waals surface area contributed by atoms with Gasteiger partial charge in [0, 0.05) is 0 Å². The van der Waals surface area contributed by atoms with Crippen molar-refractivity contribution in [1.29, 1.82) is 0 Å². The lowest BCUT2D eigenvalue weighted by Gasteiger charge is -2.38. The van der Waals surface area contributed by atoms with Crippen molar-refractivity contribution in [3.63, 3.8) is 0 Å². The van der Waals surface area contributed by atoms with Gasteiger partial charge in [-0.3, -0.25) is 0 Å². The Hall–Kier alpha value is -1.55. The van der Waals surface area contributed by atoms with Crippen LogP contribution in [0.1, 0.15) is 11.1 Å². The summed E-state index contributed by atoms with van der Waals surface area (Å²) in [6.45, 7) is 7.85. The molecule has 0 heterocycles. The Morgan fingerprint density at radius 1 is 0.519 bits per heavy atom. The summed E-state index contributed by atoms with van der Waals surface area (Å²) in [6.07, 6.45) is -11.1. The summed E-state index contributed by atoms with van der Waals surface area (Å²) in [6, 6.07) is 9.51. The molecular weight excluding hydrogens is 398 g/mol. The Morgan fingerprint density at radius 2 is 0.778 bits per heavy atom. The van der Waals surface area contributed by atoms with E-state index in [2.05, 4.69) is 0 Å². The van der Waals surface area contributed by atoms with Crippen molar-refractivity contribution in [2.45, 2.75) is 44.0 Å². The summed E-state index contributed by atoms with van der Waals surface area (Å²) in [5, 5.41) is 1.64. The molecule has 0 bridgehead atoms. The van der Waals surface area contributed by atoms with E-state index in [1.54, 1.807) is 0 Å². The van der Waals surface area contributed by atoms with E-state index in [9.17, 15) is 26.3 Å². The van der Waals surface area contributed by atoms with Crippen LogP contribution in [0.25, 0.3) is 0 Å². The summed E-state index contributed by atoms with van der Waals surface area (Å²) in [7, 11) is -2.67. The third-order valence-electron chi connectivity index (χ3n) is 4.87. The lowest BCUT2D eigenvalue weighted by molar-refractivity contribution is -0.288. The third-order valence-corrected chi connectivity index (χ3v) is 8.31. The topological polar surface area (TPSA) is 0 Å². The molecule has 2 rings (SSSR count). The Morgan fingerprint density at radius 3 is 0.963 bits per heavy atom. The molecule has 0 aromatic heterocycles. The van der Waals surface area contributed by atoms with E-state index in [0.717, 1.165) is 34.6 Å². The number of benzene rings is 2. The zero-order chi connectivity index (χ0) is 20.6. The van der Waals surface area contributed by atoms with Crippen LogP contribution in [-0.4, -0.2) is 29.9 Å². The van der Waals surface area contributed by atoms with Gasteiger partial charge in [0.1, 0.15) is 0 Å². The number of halogens is 6. The minimum atomic E-state index is -5.53. The molecule has 0 amide bonds. The molecule has 0 aliphatic rings. The van der Waals surface area contributed by atoms with Crippen LogP contribution in [0.5, 0.6) is 0 Å². The highest BCUT2D eigenvalue weighted by molar-refractivity contribution is 6.71. The number of rotatable bonds is 4. The van der Waals surface area contributed by atoms with Crippen LogP contribution in [0.2, 0.25) is 26.2 Å². The van der Waals surface area contributed by atoms with E-state index in [1.165, 1.54) is 24.3 Å². The minimum Gasteiger partial charge on any atom is -0.169 e. The van der Waals surface area contributed by atoms with Crippen molar-refractivity contribution in [3.05, 3.63) is 59.7 Å². The molecule has 0 spiro atoms. The monoisotopic (exact) mass is 420 g/mol. The van der Waals surface area contributed by atoms with Gasteiger partial charge in [-0.2, -0.15) is 26.3 Å². The molecular formula is C19H22F6Si2. The first-order valence-corrected chi connectivity index (χ1v) is 14.4. The van der Waals surface area contributed by atoms with Gasteiger partial charge in [0.25, 0.3) is 0 Å². The standard InChI is InChI=1S/C19H22F6Si2/c1-26(2)15-9-5-13(6-10-15)17(18(20,21)22,19(23,24)25)14-7-11-16(12-8-14)27(3)4/h5-12,26-27H,1-4H3. The van der Waals surface area contributed by atoms with Crippen molar-refractivity contribution < 1.29 is 26.3 Å². The SMILES string of the molecule is C[SiH](C)c1ccc(C(c2ccc([SiH](C)C)cc2)(C(F)(F)F)C(F)(F)F)cc1. The zero-order valence-corrected chi connectivity index (χ0v) is 17.9. The van der Waals surface area contributed by atoms with E-state index < -0.39 is 46.5 Å². The first-order valence-electron chi connectivity index (χ1n) is 8.66. The van der Waals surface area contributed by atoms with Crippen LogP contribution in [-0.2, 0) is 5.41 Å². The number of hydrogen-bond acceptors (Lipinski definition) is 0. The quantitative estimate of drug-likeness (QED) is 0.505. The second kappa shape index (κ2) is 7.46. The van der Waals surface area contributed by atoms with Crippen molar-refractivity contribution in [2.24, 2.45) is 0 Å². The fourth-order valence-electron chi connectivity index (χ4n) is 3.22. The van der Waals surface area contributed by atoms with Gasteiger partial charge in [-0.1, -0.05) is 85.1 Å². The molecule has 0 radical (unpaired) electrons. The van der Waals surface area contributed by atoms with Crippen LogP contribution in [0.3, 0.4) is 0 Å². The van der Waals surface area contributed by atoms with Crippen molar-refractivity contribution in [3.8, 4) is 0 Å². The van der Waals surface area contributed by atoms with Crippen LogP contribution in [0.15, 0.2) is 48.5 Å². The molecule has 0 saturated carbocycles. The molecule has 148 valence electrons. The average molecular weight is 421 g/mol. The molecule has 2 aromatic rings. The number of hydrogen-bond donors (Lipinski definition) is 0. The van der Waals surface area contributed by atoms with Crippen LogP contribution >= 0.6 is 0 Å². The van der Waals surface area contributed by atoms with E-state index in [-0.39, 0.29) is 0 Å². The normalized spacial score (nSPS) is 13.5. The van der Waals surface area contributed by atoms with Gasteiger partial charge in [0.2, 0.25) is 5.41 Å². The van der Waals surface area contributed by atoms with Crippen LogP contribution < -0.4 is 10.4 Å². The Balaban J connectivity index is 2.78. The summed E-state index contributed by atoms with van der Waals surface area (Å²) in [5.74, 6) is 0. The first kappa shape index (κ1) is 21.8. The molecule has 0 unspecified atom stereocenters. The minimum absolute atomic E-state index is 0.796. The maximum absolute atomic E-state index is 14.1. The van der Waals surface area contributed by atoms with Crippen molar-refractivity contribution in [2.75, 3.05) is 0 Å².